The molecule has 0 saturated heterocycles. The van der Waals surface area contributed by atoms with Crippen LogP contribution < -0.4 is 0 Å². The van der Waals surface area contributed by atoms with E-state index in [0.29, 0.717) is 0 Å². The van der Waals surface area contributed by atoms with Crippen molar-refractivity contribution in [3.63, 3.8) is 0 Å². The van der Waals surface area contributed by atoms with E-state index in [1.165, 1.54) is 0 Å². The van der Waals surface area contributed by atoms with Crippen LogP contribution in [0.2, 0.25) is 0 Å². The molecule has 0 aromatic rings. The zero-order valence-electron chi connectivity index (χ0n) is 4.59. The Morgan fingerprint density at radius 2 is 1.86 bits per heavy atom. The molecule has 0 N–H and O–H groups in total. The Kier molecular flexibility index (Phi) is 4.64. The number of allylic oxidation sites excluding steroid dienone is 5. The Hall–Kier alpha value is -0.780. The summed E-state index contributed by atoms with van der Waals surface area (Å²) in [7, 11) is 0. The summed E-state index contributed by atoms with van der Waals surface area (Å²) in [6.45, 7) is 5.49. The zero-order chi connectivity index (χ0) is 5.54. The van der Waals surface area contributed by atoms with Crippen molar-refractivity contribution >= 4 is 0 Å². The maximum Gasteiger partial charge on any atom is -0.0467 e. The van der Waals surface area contributed by atoms with Crippen molar-refractivity contribution in [3.8, 4) is 0 Å². The predicted molar refractivity (Wildman–Crippen MR) is 34.2 cm³/mol. The molecule has 0 fully saturated rings. The summed E-state index contributed by atoms with van der Waals surface area (Å²) in [6.07, 6.45) is 9.51. The van der Waals surface area contributed by atoms with Crippen LogP contribution in [0.15, 0.2) is 37.0 Å². The minimum absolute atomic E-state index is 1.75. The van der Waals surface area contributed by atoms with Crippen molar-refractivity contribution in [2.75, 3.05) is 0 Å². The largest absolute Gasteiger partial charge is 0.0991 e. The fourth-order valence-corrected chi connectivity index (χ4v) is 0.254. The van der Waals surface area contributed by atoms with Crippen LogP contribution in [0.4, 0.5) is 0 Å². The van der Waals surface area contributed by atoms with Crippen LogP contribution in [0.5, 0.6) is 0 Å². The van der Waals surface area contributed by atoms with Gasteiger partial charge in [0.15, 0.2) is 0 Å². The van der Waals surface area contributed by atoms with Gasteiger partial charge in [-0.05, 0) is 6.92 Å². The number of rotatable bonds is 2. The van der Waals surface area contributed by atoms with E-state index >= 15 is 0 Å². The third-order valence-corrected chi connectivity index (χ3v) is 0.551. The highest BCUT2D eigenvalue weighted by Crippen LogP contribution is 1.74. The summed E-state index contributed by atoms with van der Waals surface area (Å²) in [5.74, 6) is 0. The minimum atomic E-state index is 1.75. The minimum Gasteiger partial charge on any atom is -0.0991 e. The van der Waals surface area contributed by atoms with Crippen molar-refractivity contribution in [1.82, 2.24) is 0 Å². The molecule has 0 aromatic carbocycles. The molecule has 38 valence electrons. The van der Waals surface area contributed by atoms with E-state index in [4.69, 9.17) is 0 Å². The summed E-state index contributed by atoms with van der Waals surface area (Å²) in [5, 5.41) is 0. The van der Waals surface area contributed by atoms with Gasteiger partial charge in [-0.25, -0.2) is 0 Å². The van der Waals surface area contributed by atoms with Gasteiger partial charge >= 0.3 is 0 Å². The molecule has 0 spiro atoms. The summed E-state index contributed by atoms with van der Waals surface area (Å²) in [5.41, 5.74) is 0. The molecule has 0 aliphatic heterocycles. The Morgan fingerprint density at radius 3 is 2.29 bits per heavy atom. The third kappa shape index (κ3) is 5.22. The van der Waals surface area contributed by atoms with Crippen LogP contribution >= 0.6 is 0 Å². The summed E-state index contributed by atoms with van der Waals surface area (Å²) in [4.78, 5) is 0. The van der Waals surface area contributed by atoms with E-state index in [1.54, 1.807) is 6.08 Å². The van der Waals surface area contributed by atoms with E-state index in [0.717, 1.165) is 0 Å². The molecule has 0 rings (SSSR count). The first-order valence-electron chi connectivity index (χ1n) is 2.32. The third-order valence-electron chi connectivity index (χ3n) is 0.551. The van der Waals surface area contributed by atoms with Gasteiger partial charge in [0.25, 0.3) is 0 Å². The Morgan fingerprint density at radius 1 is 1.14 bits per heavy atom. The Balaban J connectivity index is 3.27. The Bertz CT molecular complexity index is 86.2. The average Bonchev–Trinajstić information content (AvgIpc) is 1.69. The van der Waals surface area contributed by atoms with Gasteiger partial charge < -0.3 is 0 Å². The van der Waals surface area contributed by atoms with E-state index in [9.17, 15) is 0 Å². The lowest BCUT2D eigenvalue weighted by Crippen LogP contribution is -1.43. The second-order valence-electron chi connectivity index (χ2n) is 1.15. The van der Waals surface area contributed by atoms with E-state index in [1.807, 2.05) is 31.2 Å². The maximum atomic E-state index is 3.51. The first-order chi connectivity index (χ1) is 3.41. The molecule has 0 aromatic heterocycles. The molecule has 0 atom stereocenters. The normalized spacial score (nSPS) is 11.0. The maximum absolute atomic E-state index is 3.51. The first kappa shape index (κ1) is 6.22. The van der Waals surface area contributed by atoms with Gasteiger partial charge in [0.1, 0.15) is 0 Å². The van der Waals surface area contributed by atoms with Crippen molar-refractivity contribution in [3.05, 3.63) is 37.0 Å². The highest BCUT2D eigenvalue weighted by atomic mass is 13.6. The molecule has 0 amide bonds. The highest BCUT2D eigenvalue weighted by molar-refractivity contribution is 5.07. The molecule has 0 saturated carbocycles. The molecule has 0 bridgehead atoms. The van der Waals surface area contributed by atoms with Crippen molar-refractivity contribution in [2.24, 2.45) is 0 Å². The highest BCUT2D eigenvalue weighted by Gasteiger charge is 1.52. The predicted octanol–water partition coefficient (Wildman–Crippen LogP) is 2.30. The van der Waals surface area contributed by atoms with Gasteiger partial charge in [-0.15, -0.1) is 0 Å². The zero-order valence-corrected chi connectivity index (χ0v) is 4.59. The van der Waals surface area contributed by atoms with Gasteiger partial charge in [-0.3, -0.25) is 0 Å². The lowest BCUT2D eigenvalue weighted by Gasteiger charge is -1.65. The van der Waals surface area contributed by atoms with Crippen LogP contribution in [0.3, 0.4) is 0 Å². The monoisotopic (exact) mass is 94.1 g/mol. The second-order valence-corrected chi connectivity index (χ2v) is 1.15. The van der Waals surface area contributed by atoms with E-state index in [-0.39, 0.29) is 0 Å². The van der Waals surface area contributed by atoms with Gasteiger partial charge in [-0.1, -0.05) is 37.0 Å². The average molecular weight is 94.2 g/mol. The van der Waals surface area contributed by atoms with Crippen LogP contribution in [-0.4, -0.2) is 0 Å². The summed E-state index contributed by atoms with van der Waals surface area (Å²) in [6, 6.07) is 0. The molecule has 0 aliphatic rings. The molecular weight excluding hydrogens is 84.1 g/mol. The fraction of sp³-hybridized carbons (Fsp3) is 0.143. The lowest BCUT2D eigenvalue weighted by molar-refractivity contribution is 1.73. The smallest absolute Gasteiger partial charge is 0.0467 e. The first-order valence-corrected chi connectivity index (χ1v) is 2.32. The summed E-state index contributed by atoms with van der Waals surface area (Å²) >= 11 is 0. The molecule has 7 heavy (non-hydrogen) atoms. The van der Waals surface area contributed by atoms with E-state index in [2.05, 4.69) is 6.58 Å². The van der Waals surface area contributed by atoms with Crippen LogP contribution in [0.1, 0.15) is 6.92 Å². The fourth-order valence-electron chi connectivity index (χ4n) is 0.254. The molecule has 0 aliphatic carbocycles. The molecule has 0 radical (unpaired) electrons. The summed E-state index contributed by atoms with van der Waals surface area (Å²) < 4.78 is 0. The van der Waals surface area contributed by atoms with Gasteiger partial charge in [-0.2, -0.15) is 0 Å². The van der Waals surface area contributed by atoms with E-state index < -0.39 is 0 Å². The van der Waals surface area contributed by atoms with Gasteiger partial charge in [0.05, 0.1) is 0 Å². The molecule has 0 heteroatoms. The molecule has 0 unspecified atom stereocenters. The van der Waals surface area contributed by atoms with Crippen molar-refractivity contribution in [1.29, 1.82) is 0 Å². The number of hydrogen-bond donors (Lipinski definition) is 0. The SMILES string of the molecule is C=C/C=C/C=C\C. The molecule has 0 heterocycles. The number of hydrogen-bond acceptors (Lipinski definition) is 0. The lowest BCUT2D eigenvalue weighted by atomic mass is 10.4. The van der Waals surface area contributed by atoms with Crippen LogP contribution in [-0.2, 0) is 0 Å². The topological polar surface area (TPSA) is 0 Å². The van der Waals surface area contributed by atoms with Crippen molar-refractivity contribution < 1.29 is 0 Å². The quantitative estimate of drug-likeness (QED) is 0.460. The van der Waals surface area contributed by atoms with Gasteiger partial charge in [0.2, 0.25) is 0 Å². The standard InChI is InChI=1S/C7H10/c1-3-5-7-6-4-2/h3-7H,1H2,2H3/b6-4-,7-5+. The van der Waals surface area contributed by atoms with Gasteiger partial charge in [0, 0.05) is 0 Å². The van der Waals surface area contributed by atoms with Crippen molar-refractivity contribution in [2.45, 2.75) is 6.92 Å². The molecule has 0 nitrogen and oxygen atoms in total. The van der Waals surface area contributed by atoms with Crippen LogP contribution in [0, 0.1) is 0 Å². The van der Waals surface area contributed by atoms with Crippen LogP contribution in [0.25, 0.3) is 0 Å². The Labute approximate surface area is 44.9 Å². The molecular formula is C7H10. The second kappa shape index (κ2) is 5.22.